The minimum Gasteiger partial charge on any atom is -0.322 e. The summed E-state index contributed by atoms with van der Waals surface area (Å²) in [5, 5.41) is 2.36. The van der Waals surface area contributed by atoms with E-state index in [1.807, 2.05) is 12.1 Å². The average molecular weight is 496 g/mol. The quantitative estimate of drug-likeness (QED) is 0.658. The standard InChI is InChI=1S/C25H26BrN3O3/c26-20-4-2-17(3-5-20)18-9-11-28(12-10-18)14-16-1-6-21-19(13-16)15-29(25(21)32)22-7-8-23(30)27-24(22)31/h1-6,13,18,22H,7-12,14-15H2,(H,27,30,31). The van der Waals surface area contributed by atoms with E-state index in [0.717, 1.165) is 42.5 Å². The van der Waals surface area contributed by atoms with E-state index in [4.69, 9.17) is 0 Å². The zero-order valence-electron chi connectivity index (χ0n) is 17.9. The zero-order valence-corrected chi connectivity index (χ0v) is 19.4. The van der Waals surface area contributed by atoms with Crippen molar-refractivity contribution in [3.63, 3.8) is 0 Å². The fraction of sp³-hybridized carbons (Fsp3) is 0.400. The molecular weight excluding hydrogens is 470 g/mol. The maximum absolute atomic E-state index is 12.9. The highest BCUT2D eigenvalue weighted by Gasteiger charge is 2.39. The number of nitrogens with one attached hydrogen (secondary N) is 1. The Balaban J connectivity index is 1.21. The number of fused-ring (bicyclic) bond motifs is 1. The van der Waals surface area contributed by atoms with Crippen molar-refractivity contribution in [1.82, 2.24) is 15.1 Å². The molecule has 1 N–H and O–H groups in total. The summed E-state index contributed by atoms with van der Waals surface area (Å²) in [5.41, 5.74) is 4.26. The van der Waals surface area contributed by atoms with Gasteiger partial charge in [-0.3, -0.25) is 24.6 Å². The summed E-state index contributed by atoms with van der Waals surface area (Å²) in [6.45, 7) is 3.41. The molecule has 32 heavy (non-hydrogen) atoms. The van der Waals surface area contributed by atoms with Gasteiger partial charge in [-0.25, -0.2) is 0 Å². The fourth-order valence-corrected chi connectivity index (χ4v) is 5.41. The van der Waals surface area contributed by atoms with Gasteiger partial charge in [0.05, 0.1) is 0 Å². The van der Waals surface area contributed by atoms with Crippen molar-refractivity contribution >= 4 is 33.7 Å². The largest absolute Gasteiger partial charge is 0.322 e. The Morgan fingerprint density at radius 1 is 0.969 bits per heavy atom. The number of hydrogen-bond donors (Lipinski definition) is 1. The molecule has 166 valence electrons. The van der Waals surface area contributed by atoms with Crippen LogP contribution in [0.15, 0.2) is 46.9 Å². The van der Waals surface area contributed by atoms with Crippen LogP contribution in [0.4, 0.5) is 0 Å². The molecule has 3 aliphatic rings. The molecule has 0 bridgehead atoms. The maximum atomic E-state index is 12.9. The van der Waals surface area contributed by atoms with Crippen LogP contribution in [0.1, 0.15) is 58.6 Å². The van der Waals surface area contributed by atoms with Crippen molar-refractivity contribution in [3.05, 3.63) is 69.2 Å². The minimum absolute atomic E-state index is 0.114. The van der Waals surface area contributed by atoms with Gasteiger partial charge in [-0.2, -0.15) is 0 Å². The van der Waals surface area contributed by atoms with Gasteiger partial charge in [-0.05, 0) is 73.2 Å². The molecule has 2 aromatic carbocycles. The van der Waals surface area contributed by atoms with Crippen molar-refractivity contribution in [2.75, 3.05) is 13.1 Å². The summed E-state index contributed by atoms with van der Waals surface area (Å²) >= 11 is 3.51. The fourth-order valence-electron chi connectivity index (χ4n) is 5.14. The van der Waals surface area contributed by atoms with Crippen molar-refractivity contribution < 1.29 is 14.4 Å². The van der Waals surface area contributed by atoms with Crippen LogP contribution in [0, 0.1) is 0 Å². The third-order valence-electron chi connectivity index (χ3n) is 6.92. The molecule has 2 saturated heterocycles. The van der Waals surface area contributed by atoms with Crippen LogP contribution >= 0.6 is 15.9 Å². The topological polar surface area (TPSA) is 69.7 Å². The SMILES string of the molecule is O=C1CCC(N2Cc3cc(CN4CCC(c5ccc(Br)cc5)CC4)ccc3C2=O)C(=O)N1. The predicted molar refractivity (Wildman–Crippen MR) is 124 cm³/mol. The second-order valence-electron chi connectivity index (χ2n) is 8.99. The number of nitrogens with zero attached hydrogens (tertiary/aromatic N) is 2. The molecule has 0 aliphatic carbocycles. The Kier molecular flexibility index (Phi) is 5.86. The minimum atomic E-state index is -0.561. The van der Waals surface area contributed by atoms with E-state index in [9.17, 15) is 14.4 Å². The van der Waals surface area contributed by atoms with E-state index in [-0.39, 0.29) is 24.1 Å². The molecule has 1 atom stereocenters. The van der Waals surface area contributed by atoms with Crippen LogP contribution in [-0.4, -0.2) is 46.7 Å². The Hall–Kier alpha value is -2.51. The third-order valence-corrected chi connectivity index (χ3v) is 7.45. The molecule has 6 nitrogen and oxygen atoms in total. The second kappa shape index (κ2) is 8.79. The molecule has 3 aliphatic heterocycles. The number of imide groups is 1. The summed E-state index contributed by atoms with van der Waals surface area (Å²) in [6, 6.07) is 14.1. The summed E-state index contributed by atoms with van der Waals surface area (Å²) in [6.07, 6.45) is 2.96. The van der Waals surface area contributed by atoms with Crippen LogP contribution < -0.4 is 5.32 Å². The van der Waals surface area contributed by atoms with Gasteiger partial charge >= 0.3 is 0 Å². The van der Waals surface area contributed by atoms with Crippen molar-refractivity contribution in [1.29, 1.82) is 0 Å². The predicted octanol–water partition coefficient (Wildman–Crippen LogP) is 3.59. The summed E-state index contributed by atoms with van der Waals surface area (Å²) in [4.78, 5) is 40.6. The molecular formula is C25H26BrN3O3. The summed E-state index contributed by atoms with van der Waals surface area (Å²) in [5.74, 6) is -0.131. The van der Waals surface area contributed by atoms with Crippen molar-refractivity contribution in [3.8, 4) is 0 Å². The lowest BCUT2D eigenvalue weighted by atomic mass is 9.89. The Morgan fingerprint density at radius 2 is 1.72 bits per heavy atom. The van der Waals surface area contributed by atoms with Gasteiger partial charge in [0.15, 0.2) is 0 Å². The van der Waals surface area contributed by atoms with Gasteiger partial charge < -0.3 is 4.90 Å². The number of piperidine rings is 2. The highest BCUT2D eigenvalue weighted by molar-refractivity contribution is 9.10. The first kappa shape index (κ1) is 21.3. The monoisotopic (exact) mass is 495 g/mol. The smallest absolute Gasteiger partial charge is 0.255 e. The van der Waals surface area contributed by atoms with Gasteiger partial charge in [0.25, 0.3) is 5.91 Å². The number of hydrogen-bond acceptors (Lipinski definition) is 4. The first-order valence-electron chi connectivity index (χ1n) is 11.2. The van der Waals surface area contributed by atoms with Crippen LogP contribution in [0.2, 0.25) is 0 Å². The molecule has 3 amide bonds. The summed E-state index contributed by atoms with van der Waals surface area (Å²) in [7, 11) is 0. The van der Waals surface area contributed by atoms with E-state index in [1.165, 1.54) is 11.1 Å². The average Bonchev–Trinajstić information content (AvgIpc) is 3.10. The molecule has 2 aromatic rings. The van der Waals surface area contributed by atoms with Gasteiger partial charge in [-0.15, -0.1) is 0 Å². The molecule has 0 aromatic heterocycles. The first-order chi connectivity index (χ1) is 15.5. The molecule has 5 rings (SSSR count). The summed E-state index contributed by atoms with van der Waals surface area (Å²) < 4.78 is 1.12. The van der Waals surface area contributed by atoms with Crippen LogP contribution in [-0.2, 0) is 22.7 Å². The normalized spacial score (nSPS) is 22.2. The van der Waals surface area contributed by atoms with Crippen molar-refractivity contribution in [2.45, 2.75) is 50.7 Å². The van der Waals surface area contributed by atoms with Gasteiger partial charge in [0.1, 0.15) is 6.04 Å². The van der Waals surface area contributed by atoms with E-state index in [1.54, 1.807) is 4.90 Å². The molecule has 0 saturated carbocycles. The second-order valence-corrected chi connectivity index (χ2v) is 9.91. The Bertz CT molecular complexity index is 1060. The lowest BCUT2D eigenvalue weighted by Crippen LogP contribution is -2.52. The van der Waals surface area contributed by atoms with Crippen LogP contribution in [0.5, 0.6) is 0 Å². The lowest BCUT2D eigenvalue weighted by Gasteiger charge is -2.32. The first-order valence-corrected chi connectivity index (χ1v) is 12.0. The third kappa shape index (κ3) is 4.24. The van der Waals surface area contributed by atoms with Gasteiger partial charge in [0, 0.05) is 29.5 Å². The number of carbonyl (C=O) groups excluding carboxylic acids is 3. The van der Waals surface area contributed by atoms with Crippen molar-refractivity contribution in [2.24, 2.45) is 0 Å². The molecule has 0 spiro atoms. The van der Waals surface area contributed by atoms with Gasteiger partial charge in [-0.1, -0.05) is 40.2 Å². The molecule has 0 radical (unpaired) electrons. The zero-order chi connectivity index (χ0) is 22.2. The van der Waals surface area contributed by atoms with Crippen LogP contribution in [0.3, 0.4) is 0 Å². The van der Waals surface area contributed by atoms with E-state index >= 15 is 0 Å². The highest BCUT2D eigenvalue weighted by atomic mass is 79.9. The lowest BCUT2D eigenvalue weighted by molar-refractivity contribution is -0.136. The maximum Gasteiger partial charge on any atom is 0.255 e. The molecule has 3 heterocycles. The number of halogens is 1. The number of benzene rings is 2. The molecule has 1 unspecified atom stereocenters. The number of likely N-dealkylation sites (tertiary alicyclic amines) is 1. The van der Waals surface area contributed by atoms with Crippen LogP contribution in [0.25, 0.3) is 0 Å². The number of carbonyl (C=O) groups is 3. The van der Waals surface area contributed by atoms with E-state index in [0.29, 0.717) is 24.4 Å². The molecule has 2 fully saturated rings. The Labute approximate surface area is 196 Å². The van der Waals surface area contributed by atoms with E-state index < -0.39 is 6.04 Å². The Morgan fingerprint density at radius 3 is 2.44 bits per heavy atom. The number of rotatable bonds is 4. The number of amides is 3. The van der Waals surface area contributed by atoms with E-state index in [2.05, 4.69) is 56.5 Å². The molecule has 7 heteroatoms. The highest BCUT2D eigenvalue weighted by Crippen LogP contribution is 2.31. The van der Waals surface area contributed by atoms with Gasteiger partial charge in [0.2, 0.25) is 11.8 Å².